The Bertz CT molecular complexity index is 1320. The SMILES string of the molecule is COc1cc(OCC(=O)N(Cc2ccc(Cl)cc2Cl)[C@H](Cc2ccccc2)C(=O)NC(C)C)ccc1[N+](=O)[O-]. The number of hydrogen-bond donors (Lipinski definition) is 1. The molecule has 0 fully saturated rings. The Kier molecular flexibility index (Phi) is 10.5. The highest BCUT2D eigenvalue weighted by atomic mass is 35.5. The van der Waals surface area contributed by atoms with E-state index >= 15 is 0 Å². The minimum Gasteiger partial charge on any atom is -0.490 e. The lowest BCUT2D eigenvalue weighted by atomic mass is 10.0. The minimum atomic E-state index is -0.885. The monoisotopic (exact) mass is 573 g/mol. The Labute approximate surface area is 236 Å². The number of methoxy groups -OCH3 is 1. The van der Waals surface area contributed by atoms with E-state index < -0.39 is 23.5 Å². The standard InChI is InChI=1S/C28H29Cl2N3O6/c1-18(2)31-28(35)25(13-19-7-5-4-6-8-19)32(16-20-9-10-21(29)14-23(20)30)27(34)17-39-22-11-12-24(33(36)37)26(15-22)38-3/h4-12,14-15,18,25H,13,16-17H2,1-3H3,(H,31,35)/t25-/m1/s1. The molecule has 0 radical (unpaired) electrons. The molecule has 0 aliphatic carbocycles. The fraction of sp³-hybridized carbons (Fsp3) is 0.286. The highest BCUT2D eigenvalue weighted by Crippen LogP contribution is 2.31. The zero-order chi connectivity index (χ0) is 28.5. The van der Waals surface area contributed by atoms with Crippen LogP contribution >= 0.6 is 23.2 Å². The molecule has 0 bridgehead atoms. The van der Waals surface area contributed by atoms with Gasteiger partial charge in [0.05, 0.1) is 12.0 Å². The van der Waals surface area contributed by atoms with Gasteiger partial charge in [-0.1, -0.05) is 59.6 Å². The van der Waals surface area contributed by atoms with Crippen LogP contribution in [-0.2, 0) is 22.6 Å². The van der Waals surface area contributed by atoms with E-state index in [0.29, 0.717) is 15.6 Å². The van der Waals surface area contributed by atoms with Crippen molar-refractivity contribution < 1.29 is 24.0 Å². The van der Waals surface area contributed by atoms with Gasteiger partial charge in [-0.3, -0.25) is 19.7 Å². The number of hydrogen-bond acceptors (Lipinski definition) is 6. The summed E-state index contributed by atoms with van der Waals surface area (Å²) in [4.78, 5) is 39.1. The number of benzene rings is 3. The Morgan fingerprint density at radius 1 is 1.05 bits per heavy atom. The van der Waals surface area contributed by atoms with E-state index in [9.17, 15) is 19.7 Å². The molecule has 0 aliphatic heterocycles. The summed E-state index contributed by atoms with van der Waals surface area (Å²) in [7, 11) is 1.30. The summed E-state index contributed by atoms with van der Waals surface area (Å²) in [6, 6.07) is 17.2. The largest absolute Gasteiger partial charge is 0.490 e. The van der Waals surface area contributed by atoms with Gasteiger partial charge in [0.2, 0.25) is 11.7 Å². The number of rotatable bonds is 12. The number of nitrogens with zero attached hydrogens (tertiary/aromatic N) is 2. The third kappa shape index (κ3) is 8.33. The van der Waals surface area contributed by atoms with Crippen LogP contribution in [0.4, 0.5) is 5.69 Å². The molecule has 1 N–H and O–H groups in total. The second-order valence-electron chi connectivity index (χ2n) is 9.01. The first kappa shape index (κ1) is 29.7. The van der Waals surface area contributed by atoms with Gasteiger partial charge in [0.15, 0.2) is 6.61 Å². The molecule has 0 saturated heterocycles. The highest BCUT2D eigenvalue weighted by Gasteiger charge is 2.31. The van der Waals surface area contributed by atoms with E-state index in [2.05, 4.69) is 5.32 Å². The normalized spacial score (nSPS) is 11.5. The highest BCUT2D eigenvalue weighted by molar-refractivity contribution is 6.35. The lowest BCUT2D eigenvalue weighted by molar-refractivity contribution is -0.385. The molecule has 3 rings (SSSR count). The summed E-state index contributed by atoms with van der Waals surface area (Å²) in [6.07, 6.45) is 0.252. The maximum Gasteiger partial charge on any atom is 0.311 e. The van der Waals surface area contributed by atoms with Gasteiger partial charge in [-0.15, -0.1) is 0 Å². The summed E-state index contributed by atoms with van der Waals surface area (Å²) in [5.41, 5.74) is 1.23. The zero-order valence-electron chi connectivity index (χ0n) is 21.7. The van der Waals surface area contributed by atoms with Crippen LogP contribution in [0.25, 0.3) is 0 Å². The fourth-order valence-electron chi connectivity index (χ4n) is 3.89. The van der Waals surface area contributed by atoms with Crippen LogP contribution in [0.2, 0.25) is 10.0 Å². The van der Waals surface area contributed by atoms with Crippen LogP contribution in [0.5, 0.6) is 11.5 Å². The van der Waals surface area contributed by atoms with Crippen molar-refractivity contribution in [2.75, 3.05) is 13.7 Å². The summed E-state index contributed by atoms with van der Waals surface area (Å²) < 4.78 is 10.8. The smallest absolute Gasteiger partial charge is 0.311 e. The Balaban J connectivity index is 1.94. The Morgan fingerprint density at radius 2 is 1.77 bits per heavy atom. The van der Waals surface area contributed by atoms with Crippen molar-refractivity contribution in [3.8, 4) is 11.5 Å². The Hall–Kier alpha value is -3.82. The molecule has 3 aromatic rings. The van der Waals surface area contributed by atoms with Gasteiger partial charge in [0, 0.05) is 41.2 Å². The van der Waals surface area contributed by atoms with Crippen molar-refractivity contribution >= 4 is 40.7 Å². The van der Waals surface area contributed by atoms with Gasteiger partial charge < -0.3 is 19.7 Å². The van der Waals surface area contributed by atoms with Crippen LogP contribution in [0.3, 0.4) is 0 Å². The van der Waals surface area contributed by atoms with Gasteiger partial charge in [0.1, 0.15) is 11.8 Å². The molecule has 0 spiro atoms. The molecular weight excluding hydrogens is 545 g/mol. The number of nitro groups is 1. The molecule has 0 aromatic heterocycles. The van der Waals surface area contributed by atoms with Crippen LogP contribution in [-0.4, -0.2) is 47.4 Å². The zero-order valence-corrected chi connectivity index (χ0v) is 23.2. The van der Waals surface area contributed by atoms with Crippen molar-refractivity contribution in [1.82, 2.24) is 10.2 Å². The average Bonchev–Trinajstić information content (AvgIpc) is 2.90. The first-order valence-electron chi connectivity index (χ1n) is 12.1. The first-order chi connectivity index (χ1) is 18.6. The van der Waals surface area contributed by atoms with Crippen LogP contribution < -0.4 is 14.8 Å². The van der Waals surface area contributed by atoms with Gasteiger partial charge in [0.25, 0.3) is 5.91 Å². The van der Waals surface area contributed by atoms with Gasteiger partial charge >= 0.3 is 5.69 Å². The van der Waals surface area contributed by atoms with Gasteiger partial charge in [-0.2, -0.15) is 0 Å². The maximum atomic E-state index is 13.7. The maximum absolute atomic E-state index is 13.7. The van der Waals surface area contributed by atoms with Gasteiger partial charge in [-0.25, -0.2) is 0 Å². The van der Waals surface area contributed by atoms with E-state index in [1.54, 1.807) is 18.2 Å². The van der Waals surface area contributed by atoms with Crippen molar-refractivity contribution in [3.05, 3.63) is 98.0 Å². The number of amides is 2. The van der Waals surface area contributed by atoms with Crippen LogP contribution in [0.1, 0.15) is 25.0 Å². The van der Waals surface area contributed by atoms with Crippen LogP contribution in [0, 0.1) is 10.1 Å². The Morgan fingerprint density at radius 3 is 2.38 bits per heavy atom. The third-order valence-electron chi connectivity index (χ3n) is 5.77. The fourth-order valence-corrected chi connectivity index (χ4v) is 4.36. The number of ether oxygens (including phenoxy) is 2. The molecule has 0 heterocycles. The number of carbonyl (C=O) groups is 2. The molecule has 206 valence electrons. The molecule has 2 amide bonds. The molecule has 0 saturated carbocycles. The van der Waals surface area contributed by atoms with E-state index in [-0.39, 0.29) is 42.1 Å². The molecule has 1 atom stereocenters. The van der Waals surface area contributed by atoms with Crippen molar-refractivity contribution in [3.63, 3.8) is 0 Å². The molecule has 0 unspecified atom stereocenters. The lowest BCUT2D eigenvalue weighted by Gasteiger charge is -2.32. The molecule has 9 nitrogen and oxygen atoms in total. The second-order valence-corrected chi connectivity index (χ2v) is 9.85. The molecule has 39 heavy (non-hydrogen) atoms. The number of nitro benzene ring substituents is 1. The van der Waals surface area contributed by atoms with E-state index in [0.717, 1.165) is 5.56 Å². The summed E-state index contributed by atoms with van der Waals surface area (Å²) in [6.45, 7) is 3.26. The molecule has 11 heteroatoms. The average molecular weight is 574 g/mol. The first-order valence-corrected chi connectivity index (χ1v) is 12.9. The number of carbonyl (C=O) groups excluding carboxylic acids is 2. The van der Waals surface area contributed by atoms with Crippen LogP contribution in [0.15, 0.2) is 66.7 Å². The summed E-state index contributed by atoms with van der Waals surface area (Å²) in [5.74, 6) is -0.628. The number of nitrogens with one attached hydrogen (secondary N) is 1. The molecule has 0 aliphatic rings. The third-order valence-corrected chi connectivity index (χ3v) is 6.35. The predicted octanol–water partition coefficient (Wildman–Crippen LogP) is 5.45. The molecular formula is C28H29Cl2N3O6. The van der Waals surface area contributed by atoms with E-state index in [1.807, 2.05) is 44.2 Å². The second kappa shape index (κ2) is 13.8. The van der Waals surface area contributed by atoms with E-state index in [4.69, 9.17) is 32.7 Å². The molecule has 3 aromatic carbocycles. The van der Waals surface area contributed by atoms with E-state index in [1.165, 1.54) is 30.2 Å². The topological polar surface area (TPSA) is 111 Å². The summed E-state index contributed by atoms with van der Waals surface area (Å²) in [5, 5.41) is 14.9. The van der Waals surface area contributed by atoms with Crippen molar-refractivity contribution in [2.45, 2.75) is 38.9 Å². The number of halogens is 2. The minimum absolute atomic E-state index is 0.00647. The predicted molar refractivity (Wildman–Crippen MR) is 149 cm³/mol. The lowest BCUT2D eigenvalue weighted by Crippen LogP contribution is -2.52. The van der Waals surface area contributed by atoms with Crippen molar-refractivity contribution in [1.29, 1.82) is 0 Å². The quantitative estimate of drug-likeness (QED) is 0.227. The van der Waals surface area contributed by atoms with Crippen molar-refractivity contribution in [2.24, 2.45) is 0 Å². The van der Waals surface area contributed by atoms with Gasteiger partial charge in [-0.05, 0) is 43.2 Å². The summed E-state index contributed by atoms with van der Waals surface area (Å²) >= 11 is 12.5.